The molecule has 0 saturated carbocycles. The third-order valence-corrected chi connectivity index (χ3v) is 25.7. The summed E-state index contributed by atoms with van der Waals surface area (Å²) in [6.45, 7) is 0. The lowest BCUT2D eigenvalue weighted by Crippen LogP contribution is -2.20. The molecule has 506 valence electrons. The Morgan fingerprint density at radius 1 is 0.235 bits per heavy atom. The van der Waals surface area contributed by atoms with Crippen LogP contribution in [0, 0.1) is 0 Å². The monoisotopic (exact) mass is 1440 g/mol. The van der Waals surface area contributed by atoms with E-state index in [1.807, 2.05) is 42.9 Å². The van der Waals surface area contributed by atoms with Crippen molar-refractivity contribution < 1.29 is 25.9 Å². The molecule has 14 heteroatoms. The first-order valence-electron chi connectivity index (χ1n) is 32.8. The smallest absolute Gasteiger partial charge is 0.295 e. The highest BCUT2D eigenvalue weighted by atomic mass is 32.2. The van der Waals surface area contributed by atoms with Crippen LogP contribution in [0.25, 0.3) is 21.5 Å². The molecule has 16 aromatic rings. The summed E-state index contributed by atoms with van der Waals surface area (Å²) in [5, 5.41) is 16.6. The molecule has 2 aromatic heterocycles. The van der Waals surface area contributed by atoms with E-state index in [9.17, 15) is 16.8 Å². The van der Waals surface area contributed by atoms with Crippen LogP contribution in [0.15, 0.2) is 441 Å². The molecule has 4 N–H and O–H groups in total. The maximum atomic E-state index is 11.0. The van der Waals surface area contributed by atoms with Gasteiger partial charge in [0.05, 0.1) is 0 Å². The molecule has 0 spiro atoms. The van der Waals surface area contributed by atoms with Gasteiger partial charge in [0.15, 0.2) is 0 Å². The second-order valence-electron chi connectivity index (χ2n) is 22.4. The molecule has 0 saturated heterocycles. The first-order chi connectivity index (χ1) is 50.0. The zero-order valence-corrected chi connectivity index (χ0v) is 61.0. The van der Waals surface area contributed by atoms with Crippen LogP contribution >= 0.6 is 32.3 Å². The van der Waals surface area contributed by atoms with Crippen LogP contribution in [0.4, 0.5) is 0 Å². The molecule has 8 nitrogen and oxygen atoms in total. The Bertz CT molecular complexity index is 4710. The first kappa shape index (κ1) is 74.4. The van der Waals surface area contributed by atoms with Gasteiger partial charge in [0.2, 0.25) is 0 Å². The Morgan fingerprint density at radius 2 is 0.480 bits per heavy atom. The summed E-state index contributed by atoms with van der Waals surface area (Å²) in [6.07, 6.45) is 5.75. The van der Waals surface area contributed by atoms with Gasteiger partial charge in [0.25, 0.3) is 20.2 Å². The fourth-order valence-electron chi connectivity index (χ4n) is 10.7. The molecule has 16 rings (SSSR count). The van der Waals surface area contributed by atoms with E-state index < -0.39 is 44.0 Å². The van der Waals surface area contributed by atoms with E-state index in [4.69, 9.17) is 9.11 Å². The minimum atomic E-state index is -4.13. The van der Waals surface area contributed by atoms with Crippen LogP contribution < -0.4 is 58.5 Å². The number of aromatic nitrogens is 2. The average molecular weight is 1450 g/mol. The number of rotatable bonds is 13. The predicted molar refractivity (Wildman–Crippen MR) is 439 cm³/mol. The number of hydrogen-bond donors (Lipinski definition) is 4. The van der Waals surface area contributed by atoms with E-state index in [-0.39, 0.29) is 9.79 Å². The molecule has 0 aliphatic rings. The summed E-state index contributed by atoms with van der Waals surface area (Å²) in [5.74, 6) is 0. The van der Waals surface area contributed by atoms with Crippen molar-refractivity contribution >= 4 is 133 Å². The van der Waals surface area contributed by atoms with Crippen molar-refractivity contribution in [2.24, 2.45) is 0 Å². The molecule has 102 heavy (non-hydrogen) atoms. The van der Waals surface area contributed by atoms with Crippen molar-refractivity contribution in [3.8, 4) is 0 Å². The van der Waals surface area contributed by atoms with E-state index in [1.165, 1.54) is 70.6 Å². The van der Waals surface area contributed by atoms with Crippen molar-refractivity contribution in [1.29, 1.82) is 0 Å². The molecule has 0 amide bonds. The highest BCUT2D eigenvalue weighted by molar-refractivity contribution is 7.86. The largest absolute Gasteiger partial charge is 0.368 e. The normalized spacial score (nSPS) is 10.7. The van der Waals surface area contributed by atoms with Gasteiger partial charge in [-0.15, -0.1) is 0 Å². The van der Waals surface area contributed by atoms with Crippen molar-refractivity contribution in [2.75, 3.05) is 0 Å². The molecule has 0 radical (unpaired) electrons. The lowest BCUT2D eigenvalue weighted by atomic mass is 10.1. The Labute approximate surface area is 605 Å². The van der Waals surface area contributed by atoms with Crippen LogP contribution in [-0.4, -0.2) is 35.9 Å². The standard InChI is InChI=1S/2C18H15P.C16H14NP.C12H11P.2C10H8O3S.C4H5N/c2*1-4-10-16(11-5-1)19(17-12-6-2-7-13-17)18-14-8-3-9-15-18;1-3-8-14(9-4-1)18(16-12-7-13-17-16)15-10-5-2-6-11-15;1-3-7-11(8-4-1)13-12-9-5-2-6-10-12;2*11-14(12,13)10-7-3-5-8-4-1-2-6-9(8)10;1-2-4-5-3-1/h2*1-15H;1-13,17H;1-10,13H;2*1-7H,(H,11,12,13);1-5H. The number of H-pyrrole nitrogens is 2. The summed E-state index contributed by atoms with van der Waals surface area (Å²) >= 11 is 0. The van der Waals surface area contributed by atoms with Gasteiger partial charge in [-0.1, -0.05) is 385 Å². The third kappa shape index (κ3) is 22.9. The van der Waals surface area contributed by atoms with E-state index >= 15 is 0 Å². The van der Waals surface area contributed by atoms with Crippen molar-refractivity contribution in [1.82, 2.24) is 9.97 Å². The van der Waals surface area contributed by atoms with Gasteiger partial charge in [-0.25, -0.2) is 0 Å². The van der Waals surface area contributed by atoms with Gasteiger partial charge >= 0.3 is 0 Å². The van der Waals surface area contributed by atoms with Crippen LogP contribution in [-0.2, 0) is 20.2 Å². The molecular weight excluding hydrogens is 1370 g/mol. The average Bonchev–Trinajstić information content (AvgIpc) is 0.881. The Balaban J connectivity index is 0.000000131. The van der Waals surface area contributed by atoms with Crippen LogP contribution in [0.2, 0.25) is 0 Å². The van der Waals surface area contributed by atoms with Crippen molar-refractivity contribution in [3.63, 3.8) is 0 Å². The zero-order chi connectivity index (χ0) is 70.9. The predicted octanol–water partition coefficient (Wildman–Crippen LogP) is 17.2. The molecule has 0 unspecified atom stereocenters. The fourth-order valence-corrected chi connectivity index (χ4v) is 20.1. The van der Waals surface area contributed by atoms with Gasteiger partial charge in [-0.2, -0.15) is 16.8 Å². The number of benzene rings is 14. The summed E-state index contributed by atoms with van der Waals surface area (Å²) in [7, 11) is -8.84. The van der Waals surface area contributed by atoms with E-state index in [0.717, 1.165) is 19.4 Å². The van der Waals surface area contributed by atoms with Gasteiger partial charge in [-0.3, -0.25) is 9.11 Å². The quantitative estimate of drug-likeness (QED) is 0.0669. The Kier molecular flexibility index (Phi) is 28.9. The zero-order valence-electron chi connectivity index (χ0n) is 55.7. The minimum absolute atomic E-state index is 0.0457. The Hall–Kier alpha value is -10.3. The summed E-state index contributed by atoms with van der Waals surface area (Å²) in [5.41, 5.74) is 1.29. The fraction of sp³-hybridized carbons (Fsp3) is 0. The molecule has 0 fully saturated rings. The highest BCUT2D eigenvalue weighted by Gasteiger charge is 2.19. The lowest BCUT2D eigenvalue weighted by Gasteiger charge is -2.18. The van der Waals surface area contributed by atoms with Gasteiger partial charge in [-0.05, 0) is 116 Å². The van der Waals surface area contributed by atoms with Crippen molar-refractivity contribution in [3.05, 3.63) is 431 Å². The summed E-state index contributed by atoms with van der Waals surface area (Å²) in [4.78, 5) is 6.13. The lowest BCUT2D eigenvalue weighted by molar-refractivity contribution is 0.482. The molecule has 0 bridgehead atoms. The minimum Gasteiger partial charge on any atom is -0.368 e. The second-order valence-corrected chi connectivity index (χ2v) is 33.2. The maximum Gasteiger partial charge on any atom is 0.295 e. The molecular formula is C88H76N2O6P4S2. The number of hydrogen-bond acceptors (Lipinski definition) is 4. The molecule has 0 aliphatic heterocycles. The van der Waals surface area contributed by atoms with Crippen molar-refractivity contribution in [2.45, 2.75) is 9.79 Å². The number of fused-ring (bicyclic) bond motifs is 2. The number of nitrogens with one attached hydrogen (secondary N) is 2. The molecule has 0 atom stereocenters. The van der Waals surface area contributed by atoms with E-state index in [0.29, 0.717) is 10.8 Å². The molecule has 2 heterocycles. The van der Waals surface area contributed by atoms with Gasteiger partial charge in [0, 0.05) is 42.7 Å². The topological polar surface area (TPSA) is 140 Å². The van der Waals surface area contributed by atoms with Gasteiger partial charge in [0.1, 0.15) is 9.79 Å². The maximum absolute atomic E-state index is 11.0. The SMILES string of the molecule is O=S(=O)(O)c1cccc2ccccc12.O=S(=O)(O)c1cccc2ccccc12.c1cc[nH]c1.c1ccc(P(c2ccccc2)c2ccc[nH]2)cc1.c1ccc(P(c2ccccc2)c2ccccc2)cc1.c1ccc(P(c2ccccc2)c2ccccc2)cc1.c1ccc(Pc2ccccc2)cc1. The summed E-state index contributed by atoms with van der Waals surface area (Å²) in [6, 6.07) is 139. The highest BCUT2D eigenvalue weighted by Crippen LogP contribution is 2.35. The second kappa shape index (κ2) is 39.6. The number of aromatic amines is 2. The van der Waals surface area contributed by atoms with E-state index in [1.54, 1.807) is 60.7 Å². The molecule has 0 aliphatic carbocycles. The first-order valence-corrected chi connectivity index (χ1v) is 40.7. The van der Waals surface area contributed by atoms with E-state index in [2.05, 4.69) is 325 Å². The van der Waals surface area contributed by atoms with Crippen LogP contribution in [0.3, 0.4) is 0 Å². The third-order valence-electron chi connectivity index (χ3n) is 15.3. The summed E-state index contributed by atoms with van der Waals surface area (Å²) < 4.78 is 61.9. The molecule has 14 aromatic carbocycles. The van der Waals surface area contributed by atoms with Crippen LogP contribution in [0.1, 0.15) is 0 Å². The Morgan fingerprint density at radius 3 is 0.725 bits per heavy atom. The van der Waals surface area contributed by atoms with Gasteiger partial charge < -0.3 is 9.97 Å². The van der Waals surface area contributed by atoms with Crippen LogP contribution in [0.5, 0.6) is 0 Å².